The van der Waals surface area contributed by atoms with Gasteiger partial charge in [0.25, 0.3) is 0 Å². The Balaban J connectivity index is 4.44. The molecule has 0 saturated heterocycles. The van der Waals surface area contributed by atoms with Gasteiger partial charge in [-0.15, -0.1) is 0 Å². The second-order valence-electron chi connectivity index (χ2n) is 5.67. The molecule has 0 bridgehead atoms. The summed E-state index contributed by atoms with van der Waals surface area (Å²) in [5.74, 6) is -0.377. The van der Waals surface area contributed by atoms with Gasteiger partial charge in [0.1, 0.15) is 6.61 Å². The van der Waals surface area contributed by atoms with Gasteiger partial charge < -0.3 is 10.1 Å². The Morgan fingerprint density at radius 1 is 1.17 bits per heavy atom. The highest BCUT2D eigenvalue weighted by Crippen LogP contribution is 2.12. The molecule has 106 valence electrons. The highest BCUT2D eigenvalue weighted by Gasteiger charge is 2.33. The van der Waals surface area contributed by atoms with Crippen molar-refractivity contribution < 1.29 is 14.3 Å². The van der Waals surface area contributed by atoms with Crippen LogP contribution in [-0.4, -0.2) is 36.1 Å². The van der Waals surface area contributed by atoms with Crippen molar-refractivity contribution >= 4 is 11.9 Å². The molecule has 0 spiro atoms. The lowest BCUT2D eigenvalue weighted by atomic mass is 9.97. The first-order valence-electron chi connectivity index (χ1n) is 6.32. The van der Waals surface area contributed by atoms with Crippen LogP contribution in [0.15, 0.2) is 0 Å². The van der Waals surface area contributed by atoms with E-state index in [1.807, 2.05) is 34.6 Å². The molecule has 5 heteroatoms. The van der Waals surface area contributed by atoms with E-state index in [2.05, 4.69) is 10.6 Å². The second kappa shape index (κ2) is 6.73. The standard InChI is InChI=1S/C13H26N2O3/c1-7-8-14-11(17)13(5,6)15-12(3,4)9-18-10(2)16/h15H,7-9H2,1-6H3,(H,14,17). The third kappa shape index (κ3) is 6.59. The number of amides is 1. The highest BCUT2D eigenvalue weighted by molar-refractivity contribution is 5.85. The van der Waals surface area contributed by atoms with E-state index in [0.29, 0.717) is 6.54 Å². The quantitative estimate of drug-likeness (QED) is 0.674. The zero-order valence-electron chi connectivity index (χ0n) is 12.3. The number of hydrogen-bond donors (Lipinski definition) is 2. The molecule has 0 aliphatic heterocycles. The van der Waals surface area contributed by atoms with E-state index < -0.39 is 11.1 Å². The minimum absolute atomic E-state index is 0.0553. The molecular formula is C13H26N2O3. The van der Waals surface area contributed by atoms with E-state index in [1.165, 1.54) is 6.92 Å². The fourth-order valence-electron chi connectivity index (χ4n) is 1.68. The predicted molar refractivity (Wildman–Crippen MR) is 71.2 cm³/mol. The fraction of sp³-hybridized carbons (Fsp3) is 0.846. The number of carbonyl (C=O) groups is 2. The Morgan fingerprint density at radius 3 is 2.17 bits per heavy atom. The average molecular weight is 258 g/mol. The van der Waals surface area contributed by atoms with Gasteiger partial charge in [0.2, 0.25) is 5.91 Å². The molecule has 1 amide bonds. The van der Waals surface area contributed by atoms with Crippen molar-refractivity contribution in [3.63, 3.8) is 0 Å². The lowest BCUT2D eigenvalue weighted by Gasteiger charge is -2.35. The maximum atomic E-state index is 12.0. The van der Waals surface area contributed by atoms with Crippen molar-refractivity contribution in [2.45, 2.75) is 59.0 Å². The summed E-state index contributed by atoms with van der Waals surface area (Å²) in [6.07, 6.45) is 0.901. The lowest BCUT2D eigenvalue weighted by molar-refractivity contribution is -0.143. The van der Waals surface area contributed by atoms with Crippen LogP contribution in [0.4, 0.5) is 0 Å². The number of ether oxygens (including phenoxy) is 1. The first-order valence-corrected chi connectivity index (χ1v) is 6.32. The maximum Gasteiger partial charge on any atom is 0.302 e. The van der Waals surface area contributed by atoms with Crippen LogP contribution in [0.5, 0.6) is 0 Å². The molecule has 0 radical (unpaired) electrons. The average Bonchev–Trinajstić information content (AvgIpc) is 2.21. The third-order valence-corrected chi connectivity index (χ3v) is 2.39. The number of nitrogens with one attached hydrogen (secondary N) is 2. The van der Waals surface area contributed by atoms with E-state index in [0.717, 1.165) is 6.42 Å². The molecular weight excluding hydrogens is 232 g/mol. The van der Waals surface area contributed by atoms with Crippen molar-refractivity contribution in [3.05, 3.63) is 0 Å². The van der Waals surface area contributed by atoms with E-state index >= 15 is 0 Å². The van der Waals surface area contributed by atoms with E-state index in [4.69, 9.17) is 4.74 Å². The molecule has 0 aromatic carbocycles. The van der Waals surface area contributed by atoms with Crippen molar-refractivity contribution in [1.82, 2.24) is 10.6 Å². The Kier molecular flexibility index (Phi) is 6.32. The van der Waals surface area contributed by atoms with Gasteiger partial charge >= 0.3 is 5.97 Å². The molecule has 0 aliphatic rings. The van der Waals surface area contributed by atoms with Crippen molar-refractivity contribution in [1.29, 1.82) is 0 Å². The topological polar surface area (TPSA) is 67.4 Å². The summed E-state index contributed by atoms with van der Waals surface area (Å²) >= 11 is 0. The third-order valence-electron chi connectivity index (χ3n) is 2.39. The van der Waals surface area contributed by atoms with Gasteiger partial charge in [-0.2, -0.15) is 0 Å². The Hall–Kier alpha value is -1.10. The highest BCUT2D eigenvalue weighted by atomic mass is 16.5. The molecule has 0 heterocycles. The normalized spacial score (nSPS) is 12.1. The summed E-state index contributed by atoms with van der Waals surface area (Å²) in [6, 6.07) is 0. The first-order chi connectivity index (χ1) is 8.10. The monoisotopic (exact) mass is 258 g/mol. The Morgan fingerprint density at radius 2 is 1.72 bits per heavy atom. The van der Waals surface area contributed by atoms with Gasteiger partial charge in [-0.3, -0.25) is 14.9 Å². The molecule has 0 fully saturated rings. The molecule has 2 N–H and O–H groups in total. The van der Waals surface area contributed by atoms with Crippen LogP contribution in [0, 0.1) is 0 Å². The number of carbonyl (C=O) groups excluding carboxylic acids is 2. The van der Waals surface area contributed by atoms with Crippen LogP contribution in [0.2, 0.25) is 0 Å². The summed E-state index contributed by atoms with van der Waals surface area (Å²) in [6.45, 7) is 11.7. The first kappa shape index (κ1) is 16.9. The number of esters is 1. The van der Waals surface area contributed by atoms with Crippen LogP contribution in [-0.2, 0) is 14.3 Å². The van der Waals surface area contributed by atoms with Gasteiger partial charge in [0.15, 0.2) is 0 Å². The van der Waals surface area contributed by atoms with Gasteiger partial charge in [-0.05, 0) is 34.1 Å². The van der Waals surface area contributed by atoms with Gasteiger partial charge in [0, 0.05) is 19.0 Å². The summed E-state index contributed by atoms with van der Waals surface area (Å²) in [5, 5.41) is 6.06. The molecule has 5 nitrogen and oxygen atoms in total. The molecule has 18 heavy (non-hydrogen) atoms. The number of rotatable bonds is 7. The van der Waals surface area contributed by atoms with Crippen molar-refractivity contribution in [2.75, 3.05) is 13.2 Å². The van der Waals surface area contributed by atoms with Gasteiger partial charge in [-0.25, -0.2) is 0 Å². The van der Waals surface area contributed by atoms with Crippen LogP contribution < -0.4 is 10.6 Å². The predicted octanol–water partition coefficient (Wildman–Crippen LogP) is 1.22. The summed E-state index contributed by atoms with van der Waals surface area (Å²) in [5.41, 5.74) is -1.17. The Bertz CT molecular complexity index is 299. The summed E-state index contributed by atoms with van der Waals surface area (Å²) in [4.78, 5) is 22.8. The zero-order chi connectivity index (χ0) is 14.4. The molecule has 0 aromatic rings. The zero-order valence-corrected chi connectivity index (χ0v) is 12.3. The largest absolute Gasteiger partial charge is 0.464 e. The SMILES string of the molecule is CCCNC(=O)C(C)(C)NC(C)(C)COC(C)=O. The van der Waals surface area contributed by atoms with Crippen LogP contribution in [0.25, 0.3) is 0 Å². The van der Waals surface area contributed by atoms with E-state index in [9.17, 15) is 9.59 Å². The maximum absolute atomic E-state index is 12.0. The molecule has 0 atom stereocenters. The lowest BCUT2D eigenvalue weighted by Crippen LogP contribution is -2.61. The molecule has 0 unspecified atom stereocenters. The minimum Gasteiger partial charge on any atom is -0.464 e. The van der Waals surface area contributed by atoms with Crippen LogP contribution in [0.3, 0.4) is 0 Å². The van der Waals surface area contributed by atoms with Gasteiger partial charge in [-0.1, -0.05) is 6.92 Å². The van der Waals surface area contributed by atoms with E-state index in [1.54, 1.807) is 0 Å². The molecule has 0 saturated carbocycles. The van der Waals surface area contributed by atoms with Crippen LogP contribution >= 0.6 is 0 Å². The second-order valence-corrected chi connectivity index (χ2v) is 5.67. The van der Waals surface area contributed by atoms with Crippen molar-refractivity contribution in [2.24, 2.45) is 0 Å². The van der Waals surface area contributed by atoms with Gasteiger partial charge in [0.05, 0.1) is 5.54 Å². The number of hydrogen-bond acceptors (Lipinski definition) is 4. The summed E-state index contributed by atoms with van der Waals surface area (Å²) in [7, 11) is 0. The fourth-order valence-corrected chi connectivity index (χ4v) is 1.68. The smallest absolute Gasteiger partial charge is 0.302 e. The van der Waals surface area contributed by atoms with Crippen LogP contribution in [0.1, 0.15) is 48.0 Å². The molecule has 0 aromatic heterocycles. The Labute approximate surface area is 110 Å². The summed E-state index contributed by atoms with van der Waals surface area (Å²) < 4.78 is 4.98. The van der Waals surface area contributed by atoms with E-state index in [-0.39, 0.29) is 18.5 Å². The minimum atomic E-state index is -0.710. The van der Waals surface area contributed by atoms with Crippen molar-refractivity contribution in [3.8, 4) is 0 Å². The molecule has 0 aliphatic carbocycles. The molecule has 0 rings (SSSR count).